The summed E-state index contributed by atoms with van der Waals surface area (Å²) in [5.74, 6) is -0.296. The smallest absolute Gasteiger partial charge is 0.240 e. The molecule has 0 aromatic rings. The lowest BCUT2D eigenvalue weighted by atomic mass is 9.80. The van der Waals surface area contributed by atoms with Crippen LogP contribution < -0.4 is 5.32 Å². The summed E-state index contributed by atoms with van der Waals surface area (Å²) in [6, 6.07) is 1.76. The van der Waals surface area contributed by atoms with E-state index in [0.29, 0.717) is 26.1 Å². The van der Waals surface area contributed by atoms with E-state index in [4.69, 9.17) is 15.1 Å². The van der Waals surface area contributed by atoms with Gasteiger partial charge in [0.25, 0.3) is 0 Å². The fourth-order valence-electron chi connectivity index (χ4n) is 1.52. The van der Waals surface area contributed by atoms with Gasteiger partial charge in [-0.15, -0.1) is 0 Å². The van der Waals surface area contributed by atoms with Crippen molar-refractivity contribution < 1.29 is 14.6 Å². The Hall–Kier alpha value is -1.12. The first-order valence-electron chi connectivity index (χ1n) is 5.05. The van der Waals surface area contributed by atoms with Crippen LogP contribution in [0, 0.1) is 16.7 Å². The summed E-state index contributed by atoms with van der Waals surface area (Å²) in [6.45, 7) is 2.45. The molecule has 1 fully saturated rings. The third-order valence-electron chi connectivity index (χ3n) is 2.65. The molecule has 0 aromatic carbocycles. The number of amides is 1. The molecule has 1 aliphatic rings. The minimum atomic E-state index is -0.971. The standard InChI is InChI=1S/C10H16N2O3/c1-8(6-13)12-9(14)10(7-11)2-4-15-5-3-10/h8,13H,2-6H2,1H3,(H,12,14)/t8-/m0/s1. The molecule has 1 heterocycles. The second kappa shape index (κ2) is 5.10. The van der Waals surface area contributed by atoms with Gasteiger partial charge in [-0.2, -0.15) is 5.26 Å². The summed E-state index contributed by atoms with van der Waals surface area (Å²) >= 11 is 0. The predicted molar refractivity (Wildman–Crippen MR) is 52.8 cm³/mol. The number of carbonyl (C=O) groups excluding carboxylic acids is 1. The third kappa shape index (κ3) is 2.67. The fraction of sp³-hybridized carbons (Fsp3) is 0.800. The van der Waals surface area contributed by atoms with Gasteiger partial charge < -0.3 is 15.2 Å². The monoisotopic (exact) mass is 212 g/mol. The Morgan fingerprint density at radius 2 is 2.27 bits per heavy atom. The first-order valence-corrected chi connectivity index (χ1v) is 5.05. The van der Waals surface area contributed by atoms with Crippen LogP contribution in [0.5, 0.6) is 0 Å². The molecule has 1 aliphatic heterocycles. The Balaban J connectivity index is 2.65. The molecule has 0 radical (unpaired) electrons. The molecule has 84 valence electrons. The molecule has 15 heavy (non-hydrogen) atoms. The highest BCUT2D eigenvalue weighted by atomic mass is 16.5. The predicted octanol–water partition coefficient (Wildman–Crippen LogP) is -0.196. The van der Waals surface area contributed by atoms with E-state index in [9.17, 15) is 4.79 Å². The minimum Gasteiger partial charge on any atom is -0.394 e. The van der Waals surface area contributed by atoms with E-state index in [-0.39, 0.29) is 18.6 Å². The molecule has 0 bridgehead atoms. The average molecular weight is 212 g/mol. The summed E-state index contributed by atoms with van der Waals surface area (Å²) in [7, 11) is 0. The summed E-state index contributed by atoms with van der Waals surface area (Å²) in [5.41, 5.74) is -0.971. The quantitative estimate of drug-likeness (QED) is 0.679. The van der Waals surface area contributed by atoms with Crippen LogP contribution >= 0.6 is 0 Å². The van der Waals surface area contributed by atoms with Crippen molar-refractivity contribution in [1.29, 1.82) is 5.26 Å². The SMILES string of the molecule is C[C@@H](CO)NC(=O)C1(C#N)CCOCC1. The average Bonchev–Trinajstić information content (AvgIpc) is 2.29. The van der Waals surface area contributed by atoms with Crippen molar-refractivity contribution in [2.24, 2.45) is 5.41 Å². The summed E-state index contributed by atoms with van der Waals surface area (Å²) < 4.78 is 5.13. The normalized spacial score (nSPS) is 21.4. The lowest BCUT2D eigenvalue weighted by Gasteiger charge is -2.30. The van der Waals surface area contributed by atoms with Crippen LogP contribution in [-0.2, 0) is 9.53 Å². The number of rotatable bonds is 3. The van der Waals surface area contributed by atoms with Crippen LogP contribution in [0.3, 0.4) is 0 Å². The van der Waals surface area contributed by atoms with Crippen molar-refractivity contribution in [3.05, 3.63) is 0 Å². The maximum atomic E-state index is 11.8. The zero-order chi connectivity index (χ0) is 11.3. The van der Waals surface area contributed by atoms with Crippen LogP contribution in [0.1, 0.15) is 19.8 Å². The zero-order valence-electron chi connectivity index (χ0n) is 8.82. The van der Waals surface area contributed by atoms with E-state index in [0.717, 1.165) is 0 Å². The molecule has 0 spiro atoms. The number of nitriles is 1. The molecule has 1 rings (SSSR count). The molecular weight excluding hydrogens is 196 g/mol. The minimum absolute atomic E-state index is 0.121. The second-order valence-corrected chi connectivity index (χ2v) is 3.86. The van der Waals surface area contributed by atoms with Crippen molar-refractivity contribution in [3.8, 4) is 6.07 Å². The first kappa shape index (κ1) is 12.0. The lowest BCUT2D eigenvalue weighted by molar-refractivity contribution is -0.133. The molecule has 0 unspecified atom stereocenters. The van der Waals surface area contributed by atoms with Crippen molar-refractivity contribution in [1.82, 2.24) is 5.32 Å². The van der Waals surface area contributed by atoms with Crippen molar-refractivity contribution in [2.45, 2.75) is 25.8 Å². The van der Waals surface area contributed by atoms with Gasteiger partial charge in [-0.25, -0.2) is 0 Å². The number of aliphatic hydroxyl groups is 1. The van der Waals surface area contributed by atoms with Crippen molar-refractivity contribution >= 4 is 5.91 Å². The van der Waals surface area contributed by atoms with Crippen LogP contribution in [0.25, 0.3) is 0 Å². The summed E-state index contributed by atoms with van der Waals surface area (Å²) in [6.07, 6.45) is 0.848. The van der Waals surface area contributed by atoms with Gasteiger partial charge in [0.1, 0.15) is 5.41 Å². The third-order valence-corrected chi connectivity index (χ3v) is 2.65. The lowest BCUT2D eigenvalue weighted by Crippen LogP contribution is -2.47. The summed E-state index contributed by atoms with van der Waals surface area (Å²) in [5, 5.41) is 20.5. The first-order chi connectivity index (χ1) is 7.14. The van der Waals surface area contributed by atoms with Crippen LogP contribution in [0.4, 0.5) is 0 Å². The van der Waals surface area contributed by atoms with E-state index in [1.807, 2.05) is 0 Å². The maximum absolute atomic E-state index is 11.8. The van der Waals surface area contributed by atoms with E-state index in [2.05, 4.69) is 11.4 Å². The van der Waals surface area contributed by atoms with Crippen LogP contribution in [-0.4, -0.2) is 36.9 Å². The highest BCUT2D eigenvalue weighted by Crippen LogP contribution is 2.29. The van der Waals surface area contributed by atoms with Crippen LogP contribution in [0.15, 0.2) is 0 Å². The number of hydrogen-bond donors (Lipinski definition) is 2. The molecule has 0 saturated carbocycles. The van der Waals surface area contributed by atoms with Gasteiger partial charge in [0.05, 0.1) is 12.7 Å². The number of ether oxygens (including phenoxy) is 1. The molecule has 1 saturated heterocycles. The van der Waals surface area contributed by atoms with E-state index in [1.165, 1.54) is 0 Å². The van der Waals surface area contributed by atoms with E-state index < -0.39 is 5.41 Å². The van der Waals surface area contributed by atoms with Gasteiger partial charge in [-0.1, -0.05) is 0 Å². The Morgan fingerprint density at radius 3 is 2.73 bits per heavy atom. The second-order valence-electron chi connectivity index (χ2n) is 3.86. The molecule has 0 aromatic heterocycles. The highest BCUT2D eigenvalue weighted by Gasteiger charge is 2.40. The molecule has 1 atom stereocenters. The van der Waals surface area contributed by atoms with Crippen molar-refractivity contribution in [3.63, 3.8) is 0 Å². The Morgan fingerprint density at radius 1 is 1.67 bits per heavy atom. The molecule has 0 aliphatic carbocycles. The molecule has 5 heteroatoms. The zero-order valence-corrected chi connectivity index (χ0v) is 8.82. The Kier molecular flexibility index (Phi) is 4.06. The highest BCUT2D eigenvalue weighted by molar-refractivity contribution is 5.85. The molecule has 5 nitrogen and oxygen atoms in total. The molecule has 2 N–H and O–H groups in total. The number of nitrogens with one attached hydrogen (secondary N) is 1. The van der Waals surface area contributed by atoms with Gasteiger partial charge in [0.15, 0.2) is 0 Å². The molecular formula is C10H16N2O3. The Bertz CT molecular complexity index is 266. The number of carbonyl (C=O) groups is 1. The Labute approximate surface area is 89.0 Å². The van der Waals surface area contributed by atoms with Gasteiger partial charge in [0.2, 0.25) is 5.91 Å². The van der Waals surface area contributed by atoms with Crippen LogP contribution in [0.2, 0.25) is 0 Å². The van der Waals surface area contributed by atoms with Gasteiger partial charge in [-0.3, -0.25) is 4.79 Å². The van der Waals surface area contributed by atoms with Gasteiger partial charge in [-0.05, 0) is 19.8 Å². The topological polar surface area (TPSA) is 82.4 Å². The van der Waals surface area contributed by atoms with Crippen molar-refractivity contribution in [2.75, 3.05) is 19.8 Å². The maximum Gasteiger partial charge on any atom is 0.240 e. The summed E-state index contributed by atoms with van der Waals surface area (Å²) in [4.78, 5) is 11.8. The largest absolute Gasteiger partial charge is 0.394 e. The number of hydrogen-bond acceptors (Lipinski definition) is 4. The van der Waals surface area contributed by atoms with E-state index >= 15 is 0 Å². The number of nitrogens with zero attached hydrogens (tertiary/aromatic N) is 1. The van der Waals surface area contributed by atoms with Gasteiger partial charge >= 0.3 is 0 Å². The molecule has 1 amide bonds. The van der Waals surface area contributed by atoms with Gasteiger partial charge in [0, 0.05) is 19.3 Å². The fourth-order valence-corrected chi connectivity index (χ4v) is 1.52. The van der Waals surface area contributed by atoms with E-state index in [1.54, 1.807) is 6.92 Å². The number of aliphatic hydroxyl groups excluding tert-OH is 1.